The molecule has 0 spiro atoms. The molecule has 3 aromatic rings. The van der Waals surface area contributed by atoms with Gasteiger partial charge >= 0.3 is 5.97 Å². The molecule has 0 fully saturated rings. The highest BCUT2D eigenvalue weighted by Gasteiger charge is 2.40. The molecule has 0 aliphatic carbocycles. The molecule has 4 rings (SSSR count). The van der Waals surface area contributed by atoms with Crippen molar-refractivity contribution in [1.82, 2.24) is 4.90 Å². The third-order valence-corrected chi connectivity index (χ3v) is 5.53. The topological polar surface area (TPSA) is 55.8 Å². The fraction of sp³-hybridized carbons (Fsp3) is 0.231. The molecule has 0 saturated heterocycles. The quantitative estimate of drug-likeness (QED) is 0.540. The molecule has 0 radical (unpaired) electrons. The predicted molar refractivity (Wildman–Crippen MR) is 118 cm³/mol. The van der Waals surface area contributed by atoms with Crippen LogP contribution in [0.25, 0.3) is 0 Å². The van der Waals surface area contributed by atoms with E-state index < -0.39 is 6.04 Å². The van der Waals surface area contributed by atoms with Crippen LogP contribution in [0.15, 0.2) is 78.9 Å². The second-order valence-corrected chi connectivity index (χ2v) is 7.50. The van der Waals surface area contributed by atoms with Gasteiger partial charge in [-0.3, -0.25) is 4.79 Å². The molecule has 0 saturated carbocycles. The summed E-state index contributed by atoms with van der Waals surface area (Å²) in [5.41, 5.74) is 2.53. The summed E-state index contributed by atoms with van der Waals surface area (Å²) in [5, 5.41) is 0. The Hall–Kier alpha value is -3.60. The second-order valence-electron chi connectivity index (χ2n) is 7.50. The summed E-state index contributed by atoms with van der Waals surface area (Å²) in [6.45, 7) is 3.99. The molecule has 0 bridgehead atoms. The van der Waals surface area contributed by atoms with Crippen molar-refractivity contribution in [2.24, 2.45) is 0 Å². The minimum absolute atomic E-state index is 0.189. The first-order valence-corrected chi connectivity index (χ1v) is 10.5. The smallest absolute Gasteiger partial charge is 0.329 e. The summed E-state index contributed by atoms with van der Waals surface area (Å²) in [6.07, 6.45) is 0.405. The highest BCUT2D eigenvalue weighted by molar-refractivity contribution is 5.97. The molecule has 5 nitrogen and oxygen atoms in total. The van der Waals surface area contributed by atoms with Gasteiger partial charge in [0.1, 0.15) is 17.5 Å². The van der Waals surface area contributed by atoms with Gasteiger partial charge in [0.2, 0.25) is 0 Å². The monoisotopic (exact) mass is 415 g/mol. The first kappa shape index (κ1) is 20.7. The van der Waals surface area contributed by atoms with E-state index in [4.69, 9.17) is 9.47 Å². The zero-order chi connectivity index (χ0) is 21.8. The summed E-state index contributed by atoms with van der Waals surface area (Å²) in [7, 11) is 0. The summed E-state index contributed by atoms with van der Waals surface area (Å²) in [4.78, 5) is 27.8. The maximum atomic E-state index is 13.4. The fourth-order valence-electron chi connectivity index (χ4n) is 4.04. The largest absolute Gasteiger partial charge is 0.464 e. The summed E-state index contributed by atoms with van der Waals surface area (Å²) in [5.74, 6) is 0.867. The highest BCUT2D eigenvalue weighted by Crippen LogP contribution is 2.37. The predicted octanol–water partition coefficient (Wildman–Crippen LogP) is 5.17. The van der Waals surface area contributed by atoms with Crippen LogP contribution < -0.4 is 4.74 Å². The zero-order valence-corrected chi connectivity index (χ0v) is 17.7. The molecule has 1 heterocycles. The SMILES string of the molecule is CCOC(=O)C1Cc2ccc(Oc3ccccc3)cc2C(C)N1C(=O)c1ccccc1. The van der Waals surface area contributed by atoms with Gasteiger partial charge in [-0.1, -0.05) is 42.5 Å². The van der Waals surface area contributed by atoms with Gasteiger partial charge in [0, 0.05) is 12.0 Å². The van der Waals surface area contributed by atoms with Crippen molar-refractivity contribution in [3.05, 3.63) is 95.6 Å². The Morgan fingerprint density at radius 1 is 0.935 bits per heavy atom. The van der Waals surface area contributed by atoms with Crippen LogP contribution in [0.5, 0.6) is 11.5 Å². The Balaban J connectivity index is 1.70. The van der Waals surface area contributed by atoms with Gasteiger partial charge in [-0.25, -0.2) is 4.79 Å². The lowest BCUT2D eigenvalue weighted by molar-refractivity contribution is -0.149. The molecule has 2 atom stereocenters. The lowest BCUT2D eigenvalue weighted by Crippen LogP contribution is -2.51. The Labute approximate surface area is 182 Å². The maximum Gasteiger partial charge on any atom is 0.329 e. The van der Waals surface area contributed by atoms with Gasteiger partial charge in [-0.05, 0) is 61.4 Å². The number of fused-ring (bicyclic) bond motifs is 1. The molecule has 0 aromatic heterocycles. The van der Waals surface area contributed by atoms with E-state index >= 15 is 0 Å². The van der Waals surface area contributed by atoms with Gasteiger partial charge in [0.15, 0.2) is 0 Å². The fourth-order valence-corrected chi connectivity index (χ4v) is 4.04. The van der Waals surface area contributed by atoms with Crippen LogP contribution in [-0.2, 0) is 16.0 Å². The second kappa shape index (κ2) is 9.04. The molecule has 1 amide bonds. The number of ether oxygens (including phenoxy) is 2. The van der Waals surface area contributed by atoms with Gasteiger partial charge in [-0.2, -0.15) is 0 Å². The van der Waals surface area contributed by atoms with Crippen LogP contribution in [0.3, 0.4) is 0 Å². The summed E-state index contributed by atoms with van der Waals surface area (Å²) in [6, 6.07) is 23.4. The van der Waals surface area contributed by atoms with Crippen molar-refractivity contribution >= 4 is 11.9 Å². The Morgan fingerprint density at radius 2 is 1.61 bits per heavy atom. The lowest BCUT2D eigenvalue weighted by atomic mass is 9.88. The minimum atomic E-state index is -0.670. The van der Waals surface area contributed by atoms with E-state index in [0.717, 1.165) is 16.9 Å². The summed E-state index contributed by atoms with van der Waals surface area (Å²) >= 11 is 0. The summed E-state index contributed by atoms with van der Waals surface area (Å²) < 4.78 is 11.3. The zero-order valence-electron chi connectivity index (χ0n) is 17.7. The Morgan fingerprint density at radius 3 is 2.29 bits per heavy atom. The number of para-hydroxylation sites is 1. The normalized spacial score (nSPS) is 17.5. The van der Waals surface area contributed by atoms with E-state index in [1.165, 1.54) is 0 Å². The van der Waals surface area contributed by atoms with Crippen molar-refractivity contribution in [3.63, 3.8) is 0 Å². The van der Waals surface area contributed by atoms with E-state index in [-0.39, 0.29) is 24.5 Å². The average molecular weight is 415 g/mol. The molecule has 31 heavy (non-hydrogen) atoms. The van der Waals surface area contributed by atoms with Crippen LogP contribution in [0.4, 0.5) is 0 Å². The van der Waals surface area contributed by atoms with Crippen molar-refractivity contribution in [2.75, 3.05) is 6.61 Å². The standard InChI is InChI=1S/C26H25NO4/c1-3-30-26(29)24-16-20-14-15-22(31-21-12-8-5-9-13-21)17-23(20)18(2)27(24)25(28)19-10-6-4-7-11-19/h4-15,17-18,24H,3,16H2,1-2H3. The van der Waals surface area contributed by atoms with E-state index in [1.54, 1.807) is 24.0 Å². The van der Waals surface area contributed by atoms with Crippen molar-refractivity contribution in [2.45, 2.75) is 32.4 Å². The minimum Gasteiger partial charge on any atom is -0.464 e. The van der Waals surface area contributed by atoms with Crippen molar-refractivity contribution in [3.8, 4) is 11.5 Å². The van der Waals surface area contributed by atoms with Gasteiger partial charge in [-0.15, -0.1) is 0 Å². The van der Waals surface area contributed by atoms with Gasteiger partial charge in [0.25, 0.3) is 5.91 Å². The number of amides is 1. The van der Waals surface area contributed by atoms with E-state index in [9.17, 15) is 9.59 Å². The molecule has 3 aromatic carbocycles. The number of benzene rings is 3. The van der Waals surface area contributed by atoms with Crippen molar-refractivity contribution < 1.29 is 19.1 Å². The maximum absolute atomic E-state index is 13.4. The third-order valence-electron chi connectivity index (χ3n) is 5.53. The molecule has 1 aliphatic heterocycles. The van der Waals surface area contributed by atoms with Gasteiger partial charge in [0.05, 0.1) is 12.6 Å². The van der Waals surface area contributed by atoms with Crippen molar-refractivity contribution in [1.29, 1.82) is 0 Å². The Kier molecular flexibility index (Phi) is 6.03. The molecule has 1 aliphatic rings. The number of carbonyl (C=O) groups excluding carboxylic acids is 2. The van der Waals surface area contributed by atoms with Crippen LogP contribution in [0.1, 0.15) is 41.4 Å². The molecule has 5 heteroatoms. The molecule has 2 unspecified atom stereocenters. The molecule has 0 N–H and O–H groups in total. The number of carbonyl (C=O) groups is 2. The lowest BCUT2D eigenvalue weighted by Gasteiger charge is -2.40. The first-order chi connectivity index (χ1) is 15.1. The van der Waals surface area contributed by atoms with E-state index in [1.807, 2.05) is 73.7 Å². The van der Waals surface area contributed by atoms with Crippen LogP contribution in [0.2, 0.25) is 0 Å². The number of hydrogen-bond acceptors (Lipinski definition) is 4. The third kappa shape index (κ3) is 4.31. The number of rotatable bonds is 5. The van der Waals surface area contributed by atoms with Crippen LogP contribution in [0, 0.1) is 0 Å². The van der Waals surface area contributed by atoms with Crippen LogP contribution in [-0.4, -0.2) is 29.4 Å². The number of esters is 1. The number of hydrogen-bond donors (Lipinski definition) is 0. The average Bonchev–Trinajstić information content (AvgIpc) is 2.80. The molecular weight excluding hydrogens is 390 g/mol. The highest BCUT2D eigenvalue weighted by atomic mass is 16.5. The molecule has 158 valence electrons. The van der Waals surface area contributed by atoms with Crippen LogP contribution >= 0.6 is 0 Å². The first-order valence-electron chi connectivity index (χ1n) is 10.5. The molecular formula is C26H25NO4. The van der Waals surface area contributed by atoms with E-state index in [0.29, 0.717) is 17.7 Å². The van der Waals surface area contributed by atoms with Gasteiger partial charge < -0.3 is 14.4 Å². The number of nitrogens with zero attached hydrogens (tertiary/aromatic N) is 1. The Bertz CT molecular complexity index is 1070. The van der Waals surface area contributed by atoms with E-state index in [2.05, 4.69) is 0 Å².